The van der Waals surface area contributed by atoms with Crippen LogP contribution in [0, 0.1) is 0 Å². The Balaban J connectivity index is 1.97. The minimum atomic E-state index is -0.213. The summed E-state index contributed by atoms with van der Waals surface area (Å²) in [6, 6.07) is 9.68. The first-order chi connectivity index (χ1) is 8.81. The molecule has 0 aliphatic rings. The van der Waals surface area contributed by atoms with Gasteiger partial charge in [-0.2, -0.15) is 0 Å². The number of benzene rings is 1. The van der Waals surface area contributed by atoms with Crippen molar-refractivity contribution in [3.63, 3.8) is 0 Å². The van der Waals surface area contributed by atoms with Gasteiger partial charge in [-0.25, -0.2) is 0 Å². The number of methoxy groups -OCH3 is 1. The summed E-state index contributed by atoms with van der Waals surface area (Å²) in [4.78, 5) is 15.2. The Morgan fingerprint density at radius 1 is 1.28 bits per heavy atom. The van der Waals surface area contributed by atoms with Crippen molar-refractivity contribution in [1.29, 1.82) is 0 Å². The fourth-order valence-corrected chi connectivity index (χ4v) is 1.69. The van der Waals surface area contributed by atoms with Crippen molar-refractivity contribution >= 4 is 16.9 Å². The first kappa shape index (κ1) is 12.4. The number of aromatic nitrogens is 1. The van der Waals surface area contributed by atoms with Gasteiger partial charge in [0.2, 0.25) is 0 Å². The highest BCUT2D eigenvalue weighted by Crippen LogP contribution is 2.22. The molecule has 94 valence electrons. The molecule has 0 saturated heterocycles. The molecular formula is C14H15NO3. The number of carbonyl (C=O) groups excluding carboxylic acids is 1. The van der Waals surface area contributed by atoms with Gasteiger partial charge >= 0.3 is 5.97 Å². The Kier molecular flexibility index (Phi) is 4.12. The molecule has 2 rings (SSSR count). The molecule has 1 aromatic heterocycles. The van der Waals surface area contributed by atoms with Crippen LogP contribution in [0.2, 0.25) is 0 Å². The third kappa shape index (κ3) is 2.97. The molecule has 0 spiro atoms. The zero-order valence-corrected chi connectivity index (χ0v) is 10.3. The van der Waals surface area contributed by atoms with Crippen molar-refractivity contribution in [2.45, 2.75) is 12.8 Å². The number of fused-ring (bicyclic) bond motifs is 1. The Hall–Kier alpha value is -2.10. The summed E-state index contributed by atoms with van der Waals surface area (Å²) in [5.74, 6) is 0.535. The maximum Gasteiger partial charge on any atom is 0.305 e. The van der Waals surface area contributed by atoms with E-state index in [4.69, 9.17) is 4.74 Å². The topological polar surface area (TPSA) is 48.4 Å². The molecule has 0 radical (unpaired) electrons. The first-order valence-electron chi connectivity index (χ1n) is 5.84. The Labute approximate surface area is 106 Å². The van der Waals surface area contributed by atoms with Crippen molar-refractivity contribution in [1.82, 2.24) is 4.98 Å². The molecule has 0 atom stereocenters. The number of carbonyl (C=O) groups is 1. The average molecular weight is 245 g/mol. The van der Waals surface area contributed by atoms with Gasteiger partial charge in [0, 0.05) is 18.0 Å². The van der Waals surface area contributed by atoms with Crippen LogP contribution in [0.1, 0.15) is 12.8 Å². The highest BCUT2D eigenvalue weighted by atomic mass is 16.5. The first-order valence-corrected chi connectivity index (χ1v) is 5.84. The van der Waals surface area contributed by atoms with Crippen molar-refractivity contribution in [2.75, 3.05) is 13.7 Å². The zero-order valence-electron chi connectivity index (χ0n) is 10.3. The molecule has 0 aliphatic heterocycles. The number of hydrogen-bond acceptors (Lipinski definition) is 4. The van der Waals surface area contributed by atoms with Crippen LogP contribution < -0.4 is 4.74 Å². The molecule has 1 aromatic carbocycles. The number of nitrogens with zero attached hydrogens (tertiary/aromatic N) is 1. The largest absolute Gasteiger partial charge is 0.491 e. The summed E-state index contributed by atoms with van der Waals surface area (Å²) in [5, 5.41) is 1.04. The molecule has 0 aliphatic carbocycles. The fraction of sp³-hybridized carbons (Fsp3) is 0.286. The number of hydrogen-bond donors (Lipinski definition) is 0. The number of rotatable bonds is 5. The van der Waals surface area contributed by atoms with Crippen LogP contribution in [0.5, 0.6) is 5.75 Å². The van der Waals surface area contributed by atoms with E-state index in [1.165, 1.54) is 7.11 Å². The van der Waals surface area contributed by atoms with E-state index in [0.717, 1.165) is 16.7 Å². The van der Waals surface area contributed by atoms with E-state index in [9.17, 15) is 4.79 Å². The number of esters is 1. The van der Waals surface area contributed by atoms with Gasteiger partial charge in [-0.3, -0.25) is 9.78 Å². The van der Waals surface area contributed by atoms with E-state index in [2.05, 4.69) is 9.72 Å². The van der Waals surface area contributed by atoms with Gasteiger partial charge < -0.3 is 9.47 Å². The molecule has 0 bridgehead atoms. The summed E-state index contributed by atoms with van der Waals surface area (Å²) < 4.78 is 10.2. The van der Waals surface area contributed by atoms with Crippen LogP contribution in [0.3, 0.4) is 0 Å². The maximum atomic E-state index is 10.9. The predicted octanol–water partition coefficient (Wildman–Crippen LogP) is 2.57. The summed E-state index contributed by atoms with van der Waals surface area (Å²) in [6.45, 7) is 0.477. The van der Waals surface area contributed by atoms with E-state index < -0.39 is 0 Å². The molecule has 0 fully saturated rings. The van der Waals surface area contributed by atoms with Crippen LogP contribution in [0.4, 0.5) is 0 Å². The second-order valence-corrected chi connectivity index (χ2v) is 3.86. The Morgan fingerprint density at radius 2 is 2.11 bits per heavy atom. The molecule has 4 nitrogen and oxygen atoms in total. The molecule has 0 saturated carbocycles. The van der Waals surface area contributed by atoms with Crippen molar-refractivity contribution in [2.24, 2.45) is 0 Å². The van der Waals surface area contributed by atoms with Gasteiger partial charge in [0.25, 0.3) is 0 Å². The smallest absolute Gasteiger partial charge is 0.305 e. The SMILES string of the molecule is COC(=O)CCCOc1cccc2cccnc12. The standard InChI is InChI=1S/C14H15NO3/c1-17-13(16)8-4-10-18-12-7-2-5-11-6-3-9-15-14(11)12/h2-3,5-7,9H,4,8,10H2,1H3. The third-order valence-corrected chi connectivity index (χ3v) is 2.61. The molecule has 18 heavy (non-hydrogen) atoms. The average Bonchev–Trinajstić information content (AvgIpc) is 2.43. The number of para-hydroxylation sites is 1. The number of ether oxygens (including phenoxy) is 2. The van der Waals surface area contributed by atoms with Gasteiger partial charge in [-0.1, -0.05) is 18.2 Å². The molecule has 0 N–H and O–H groups in total. The van der Waals surface area contributed by atoms with E-state index >= 15 is 0 Å². The molecule has 4 heteroatoms. The highest BCUT2D eigenvalue weighted by Gasteiger charge is 2.04. The van der Waals surface area contributed by atoms with Crippen LogP contribution in [0.25, 0.3) is 10.9 Å². The van der Waals surface area contributed by atoms with Gasteiger partial charge in [-0.15, -0.1) is 0 Å². The number of pyridine rings is 1. The lowest BCUT2D eigenvalue weighted by atomic mass is 10.2. The van der Waals surface area contributed by atoms with Crippen molar-refractivity contribution in [3.8, 4) is 5.75 Å². The van der Waals surface area contributed by atoms with Crippen molar-refractivity contribution in [3.05, 3.63) is 36.5 Å². The zero-order chi connectivity index (χ0) is 12.8. The fourth-order valence-electron chi connectivity index (χ4n) is 1.69. The summed E-state index contributed by atoms with van der Waals surface area (Å²) >= 11 is 0. The van der Waals surface area contributed by atoms with E-state index in [-0.39, 0.29) is 5.97 Å². The monoisotopic (exact) mass is 245 g/mol. The van der Waals surface area contributed by atoms with E-state index in [1.54, 1.807) is 6.20 Å². The van der Waals surface area contributed by atoms with E-state index in [0.29, 0.717) is 19.4 Å². The molecular weight excluding hydrogens is 230 g/mol. The van der Waals surface area contributed by atoms with Crippen LogP contribution >= 0.6 is 0 Å². The quantitative estimate of drug-likeness (QED) is 0.600. The van der Waals surface area contributed by atoms with Crippen LogP contribution in [-0.4, -0.2) is 24.7 Å². The molecule has 0 unspecified atom stereocenters. The molecule has 2 aromatic rings. The molecule has 1 heterocycles. The summed E-state index contributed by atoms with van der Waals surface area (Å²) in [5.41, 5.74) is 0.845. The Morgan fingerprint density at radius 3 is 2.94 bits per heavy atom. The van der Waals surface area contributed by atoms with Gasteiger partial charge in [0.1, 0.15) is 11.3 Å². The lowest BCUT2D eigenvalue weighted by Gasteiger charge is -2.07. The predicted molar refractivity (Wildman–Crippen MR) is 68.5 cm³/mol. The normalized spacial score (nSPS) is 10.3. The lowest BCUT2D eigenvalue weighted by Crippen LogP contribution is -2.04. The maximum absolute atomic E-state index is 10.9. The second-order valence-electron chi connectivity index (χ2n) is 3.86. The van der Waals surface area contributed by atoms with E-state index in [1.807, 2.05) is 30.3 Å². The van der Waals surface area contributed by atoms with Gasteiger partial charge in [0.15, 0.2) is 0 Å². The van der Waals surface area contributed by atoms with Crippen molar-refractivity contribution < 1.29 is 14.3 Å². The van der Waals surface area contributed by atoms with Gasteiger partial charge in [0.05, 0.1) is 13.7 Å². The second kappa shape index (κ2) is 6.00. The van der Waals surface area contributed by atoms with Crippen LogP contribution in [-0.2, 0) is 9.53 Å². The van der Waals surface area contributed by atoms with Gasteiger partial charge in [-0.05, 0) is 18.6 Å². The summed E-state index contributed by atoms with van der Waals surface area (Å²) in [7, 11) is 1.39. The van der Waals surface area contributed by atoms with Crippen LogP contribution in [0.15, 0.2) is 36.5 Å². The Bertz CT molecular complexity index is 534. The molecule has 0 amide bonds. The minimum absolute atomic E-state index is 0.213. The lowest BCUT2D eigenvalue weighted by molar-refractivity contribution is -0.140. The highest BCUT2D eigenvalue weighted by molar-refractivity contribution is 5.84. The minimum Gasteiger partial charge on any atom is -0.491 e. The summed E-state index contributed by atoms with van der Waals surface area (Å²) in [6.07, 6.45) is 2.74. The third-order valence-electron chi connectivity index (χ3n) is 2.61.